The molecule has 2 N–H and O–H groups in total. The standard InChI is InChI=1S/C13H11Cl2N3O4S/c1-22-11-6(2-7(14)3-8(11)15)5-16-18-13-17-12(21)9(23-13)4-10(19)20/h2-3,5,9H,4H2,1H3,(H,19,20)(H,17,18,21). The number of carbonyl (C=O) groups is 2. The van der Waals surface area contributed by atoms with Crippen LogP contribution in [-0.4, -0.2) is 40.7 Å². The Morgan fingerprint density at radius 2 is 2.26 bits per heavy atom. The largest absolute Gasteiger partial charge is 0.495 e. The van der Waals surface area contributed by atoms with E-state index in [1.54, 1.807) is 6.07 Å². The van der Waals surface area contributed by atoms with Gasteiger partial charge in [-0.25, -0.2) is 0 Å². The summed E-state index contributed by atoms with van der Waals surface area (Å²) in [5, 5.41) is 19.1. The number of thioether (sulfide) groups is 1. The smallest absolute Gasteiger partial charge is 0.305 e. The average molecular weight is 376 g/mol. The molecule has 0 saturated carbocycles. The first-order chi connectivity index (χ1) is 10.9. The Balaban J connectivity index is 2.13. The van der Waals surface area contributed by atoms with Gasteiger partial charge < -0.3 is 15.2 Å². The summed E-state index contributed by atoms with van der Waals surface area (Å²) in [7, 11) is 1.46. The van der Waals surface area contributed by atoms with Crippen molar-refractivity contribution in [2.24, 2.45) is 10.2 Å². The maximum atomic E-state index is 11.6. The molecule has 1 aliphatic heterocycles. The summed E-state index contributed by atoms with van der Waals surface area (Å²) >= 11 is 12.9. The number of carboxylic acids is 1. The van der Waals surface area contributed by atoms with E-state index in [0.717, 1.165) is 11.8 Å². The van der Waals surface area contributed by atoms with Gasteiger partial charge in [0, 0.05) is 10.6 Å². The molecular weight excluding hydrogens is 365 g/mol. The molecule has 23 heavy (non-hydrogen) atoms. The van der Waals surface area contributed by atoms with E-state index in [4.69, 9.17) is 33.0 Å². The number of carbonyl (C=O) groups excluding carboxylic acids is 1. The van der Waals surface area contributed by atoms with E-state index >= 15 is 0 Å². The van der Waals surface area contributed by atoms with Crippen LogP contribution in [0.2, 0.25) is 10.0 Å². The van der Waals surface area contributed by atoms with Crippen LogP contribution in [0.3, 0.4) is 0 Å². The lowest BCUT2D eigenvalue weighted by molar-refractivity contribution is -0.138. The van der Waals surface area contributed by atoms with Crippen molar-refractivity contribution in [1.82, 2.24) is 5.32 Å². The Hall–Kier alpha value is -1.77. The van der Waals surface area contributed by atoms with Gasteiger partial charge in [0.05, 0.1) is 24.8 Å². The number of aliphatic carboxylic acids is 1. The molecule has 1 atom stereocenters. The number of hydrogen-bond acceptors (Lipinski definition) is 6. The minimum Gasteiger partial charge on any atom is -0.495 e. The Bertz CT molecular complexity index is 709. The molecule has 1 aromatic carbocycles. The number of hydrogen-bond donors (Lipinski definition) is 2. The number of rotatable bonds is 5. The van der Waals surface area contributed by atoms with Crippen molar-refractivity contribution in [1.29, 1.82) is 0 Å². The van der Waals surface area contributed by atoms with Gasteiger partial charge in [-0.2, -0.15) is 5.10 Å². The molecule has 0 spiro atoms. The Morgan fingerprint density at radius 1 is 1.52 bits per heavy atom. The normalized spacial score (nSPS) is 19.3. The summed E-state index contributed by atoms with van der Waals surface area (Å²) in [4.78, 5) is 22.2. The van der Waals surface area contributed by atoms with Crippen molar-refractivity contribution in [3.63, 3.8) is 0 Å². The zero-order chi connectivity index (χ0) is 17.0. The number of amidine groups is 1. The molecular formula is C13H11Cl2N3O4S. The first kappa shape index (κ1) is 17.6. The Kier molecular flexibility index (Phi) is 5.86. The molecule has 1 unspecified atom stereocenters. The second-order valence-electron chi connectivity index (χ2n) is 4.35. The van der Waals surface area contributed by atoms with Crippen LogP contribution in [0.1, 0.15) is 12.0 Å². The van der Waals surface area contributed by atoms with Crippen LogP contribution in [-0.2, 0) is 9.59 Å². The van der Waals surface area contributed by atoms with Crippen LogP contribution in [0.25, 0.3) is 0 Å². The molecule has 122 valence electrons. The van der Waals surface area contributed by atoms with Crippen molar-refractivity contribution in [3.05, 3.63) is 27.7 Å². The van der Waals surface area contributed by atoms with Crippen LogP contribution in [0, 0.1) is 0 Å². The molecule has 0 bridgehead atoms. The molecule has 1 aromatic rings. The number of halogens is 2. The predicted octanol–water partition coefficient (Wildman–Crippen LogP) is 2.40. The second kappa shape index (κ2) is 7.67. The maximum absolute atomic E-state index is 11.6. The molecule has 1 saturated heterocycles. The SMILES string of the molecule is COc1c(Cl)cc(Cl)cc1C=NN=C1NC(=O)C(CC(=O)O)S1. The summed E-state index contributed by atoms with van der Waals surface area (Å²) < 4.78 is 5.16. The lowest BCUT2D eigenvalue weighted by Gasteiger charge is -2.06. The van der Waals surface area contributed by atoms with E-state index < -0.39 is 17.1 Å². The number of amides is 1. The van der Waals surface area contributed by atoms with Gasteiger partial charge in [-0.05, 0) is 12.1 Å². The minimum absolute atomic E-state index is 0.226. The molecule has 1 heterocycles. The van der Waals surface area contributed by atoms with Crippen molar-refractivity contribution < 1.29 is 19.4 Å². The topological polar surface area (TPSA) is 100 Å². The lowest BCUT2D eigenvalue weighted by Crippen LogP contribution is -2.26. The van der Waals surface area contributed by atoms with E-state index in [9.17, 15) is 9.59 Å². The third-order valence-corrected chi connectivity index (χ3v) is 4.29. The fraction of sp³-hybridized carbons (Fsp3) is 0.231. The monoisotopic (exact) mass is 375 g/mol. The molecule has 0 aliphatic carbocycles. The predicted molar refractivity (Wildman–Crippen MR) is 89.8 cm³/mol. The lowest BCUT2D eigenvalue weighted by atomic mass is 10.2. The number of methoxy groups -OCH3 is 1. The van der Waals surface area contributed by atoms with Gasteiger partial charge in [-0.3, -0.25) is 9.59 Å². The molecule has 7 nitrogen and oxygen atoms in total. The third-order valence-electron chi connectivity index (χ3n) is 2.72. The average Bonchev–Trinajstić information content (AvgIpc) is 2.78. The van der Waals surface area contributed by atoms with Gasteiger partial charge in [0.2, 0.25) is 5.91 Å². The number of ether oxygens (including phenoxy) is 1. The van der Waals surface area contributed by atoms with E-state index in [1.807, 2.05) is 0 Å². The summed E-state index contributed by atoms with van der Waals surface area (Å²) in [5.41, 5.74) is 0.519. The highest BCUT2D eigenvalue weighted by atomic mass is 35.5. The van der Waals surface area contributed by atoms with Gasteiger partial charge in [0.15, 0.2) is 5.17 Å². The minimum atomic E-state index is -1.05. The van der Waals surface area contributed by atoms with Crippen molar-refractivity contribution in [2.75, 3.05) is 7.11 Å². The maximum Gasteiger partial charge on any atom is 0.305 e. The quantitative estimate of drug-likeness (QED) is 0.607. The second-order valence-corrected chi connectivity index (χ2v) is 6.39. The number of nitrogens with one attached hydrogen (secondary N) is 1. The zero-order valence-electron chi connectivity index (χ0n) is 11.7. The first-order valence-corrected chi connectivity index (χ1v) is 7.87. The van der Waals surface area contributed by atoms with E-state index in [-0.39, 0.29) is 11.6 Å². The summed E-state index contributed by atoms with van der Waals surface area (Å²) in [6.45, 7) is 0. The Morgan fingerprint density at radius 3 is 2.91 bits per heavy atom. The van der Waals surface area contributed by atoms with Gasteiger partial charge >= 0.3 is 5.97 Å². The molecule has 1 aliphatic rings. The van der Waals surface area contributed by atoms with Crippen LogP contribution >= 0.6 is 35.0 Å². The van der Waals surface area contributed by atoms with Gasteiger partial charge in [0.25, 0.3) is 0 Å². The van der Waals surface area contributed by atoms with E-state index in [1.165, 1.54) is 19.4 Å². The van der Waals surface area contributed by atoms with E-state index in [0.29, 0.717) is 21.4 Å². The van der Waals surface area contributed by atoms with E-state index in [2.05, 4.69) is 15.5 Å². The van der Waals surface area contributed by atoms with Crippen LogP contribution in [0.15, 0.2) is 22.3 Å². The van der Waals surface area contributed by atoms with Crippen LogP contribution in [0.5, 0.6) is 5.75 Å². The van der Waals surface area contributed by atoms with Gasteiger partial charge in [-0.15, -0.1) is 5.10 Å². The summed E-state index contributed by atoms with van der Waals surface area (Å²) in [6.07, 6.45) is 1.10. The molecule has 1 amide bonds. The fourth-order valence-corrected chi connectivity index (χ4v) is 3.28. The fourth-order valence-electron chi connectivity index (χ4n) is 1.78. The summed E-state index contributed by atoms with van der Waals surface area (Å²) in [5.74, 6) is -1.07. The molecule has 2 rings (SSSR count). The van der Waals surface area contributed by atoms with Gasteiger partial charge in [-0.1, -0.05) is 35.0 Å². The van der Waals surface area contributed by atoms with Crippen LogP contribution in [0.4, 0.5) is 0 Å². The highest BCUT2D eigenvalue weighted by molar-refractivity contribution is 8.15. The highest BCUT2D eigenvalue weighted by Crippen LogP contribution is 2.31. The number of carboxylic acid groups (broad SMARTS) is 1. The van der Waals surface area contributed by atoms with Crippen molar-refractivity contribution in [2.45, 2.75) is 11.7 Å². The first-order valence-electron chi connectivity index (χ1n) is 6.24. The highest BCUT2D eigenvalue weighted by Gasteiger charge is 2.32. The summed E-state index contributed by atoms with van der Waals surface area (Å²) in [6, 6.07) is 3.14. The van der Waals surface area contributed by atoms with Crippen molar-refractivity contribution in [3.8, 4) is 5.75 Å². The zero-order valence-corrected chi connectivity index (χ0v) is 14.1. The van der Waals surface area contributed by atoms with Crippen molar-refractivity contribution >= 4 is 58.2 Å². The van der Waals surface area contributed by atoms with Crippen LogP contribution < -0.4 is 10.1 Å². The Labute approximate surface area is 145 Å². The molecule has 0 aromatic heterocycles. The van der Waals surface area contributed by atoms with Gasteiger partial charge in [0.1, 0.15) is 11.0 Å². The molecule has 1 fully saturated rings. The number of benzene rings is 1. The number of nitrogens with zero attached hydrogens (tertiary/aromatic N) is 2. The molecule has 10 heteroatoms. The third kappa shape index (κ3) is 4.60. The molecule has 0 radical (unpaired) electrons.